The number of anilines is 6. The van der Waals surface area contributed by atoms with Crippen LogP contribution in [0.5, 0.6) is 5.88 Å². The number of pyridine rings is 1. The number of amides is 1. The summed E-state index contributed by atoms with van der Waals surface area (Å²) in [6.45, 7) is 5.07. The smallest absolute Gasteiger partial charge is 0.297 e. The van der Waals surface area contributed by atoms with Crippen LogP contribution in [0.4, 0.5) is 74.7 Å². The van der Waals surface area contributed by atoms with Crippen LogP contribution in [0.15, 0.2) is 116 Å². The van der Waals surface area contributed by atoms with Crippen LogP contribution < -0.4 is 21.3 Å². The number of rotatable bonds is 29. The average molecular weight is 1470 g/mol. The SMILES string of the molecule is CC(=O)Nc1cc(N=Nc2cc(SCCCS(=O)(=O)O)c(N=Nc3c(C)c(C#N)c4nc(C)c(C)n4c3O)cc2Nc2nc(NCCS(=O)(=O)O)nc(Nc3cc(S(=O)(=O)O)ccc3S(=O)(=O)O)n2)c(SCCCS(=O)(=O)O)cc1N=Nc1ccc([N+](=O)[O-])cc1S(=O)(=O)O. The number of fused-ring (bicyclic) bond motifs is 1. The Kier molecular flexibility index (Phi) is 22.7. The molecule has 11 N–H and O–H groups in total. The standard InChI is InChI=1S/C48H49N17O22S8/c1-24-30(23-49)44-51-25(2)26(3)64(44)45(67)43(24)63-62-37-20-33(53-47-55-46(50-11-16-92(76,77)78)56-48(57-47)54-38-18-29(93(79,80)81)8-10-41(38)94(82,83)84)35(22-40(37)89-13-6-15-91(73,74)75)60-61-36-19-32(52-27(4)66)34(21-39(36)88-12-5-14-90(70,71)72)59-58-31-9-7-28(65(68)69)17-42(31)95(85,86)87/h7-10,17-22,67H,5-6,11-16H2,1-4H3,(H,52,66)(H,70,71,72)(H,73,74,75)(H,76,77,78)(H,79,80,81)(H,82,83,84)(H,85,86,87)(H3,50,53,54,55,56,57). The lowest BCUT2D eigenvalue weighted by Crippen LogP contribution is -2.17. The number of nitro benzene ring substituents is 1. The van der Waals surface area contributed by atoms with Crippen LogP contribution in [0, 0.1) is 42.2 Å². The molecule has 0 radical (unpaired) electrons. The van der Waals surface area contributed by atoms with E-state index in [0.29, 0.717) is 35.7 Å². The first-order valence-corrected chi connectivity index (χ1v) is 37.2. The highest BCUT2D eigenvalue weighted by Crippen LogP contribution is 2.46. The Balaban J connectivity index is 1.51. The number of thioether (sulfide) groups is 2. The molecule has 0 atom stereocenters. The third kappa shape index (κ3) is 20.1. The molecule has 3 heterocycles. The number of hydrogen-bond acceptors (Lipinski definition) is 32. The monoisotopic (exact) mass is 1470 g/mol. The Morgan fingerprint density at radius 1 is 0.611 bits per heavy atom. The number of carbonyl (C=O) groups excluding carboxylic acids is 1. The molecule has 1 amide bonds. The molecule has 0 bridgehead atoms. The number of nitriles is 1. The lowest BCUT2D eigenvalue weighted by Gasteiger charge is -2.15. The van der Waals surface area contributed by atoms with Gasteiger partial charge in [-0.2, -0.15) is 70.7 Å². The predicted octanol–water partition coefficient (Wildman–Crippen LogP) is 8.40. The quantitative estimate of drug-likeness (QED) is 0.00523. The number of hydrogen-bond donors (Lipinski definition) is 11. The van der Waals surface area contributed by atoms with Gasteiger partial charge in [0.05, 0.1) is 49.8 Å². The van der Waals surface area contributed by atoms with Gasteiger partial charge in [-0.25, -0.2) is 4.98 Å². The number of benzene rings is 4. The van der Waals surface area contributed by atoms with Gasteiger partial charge < -0.3 is 26.4 Å². The summed E-state index contributed by atoms with van der Waals surface area (Å²) >= 11 is 1.72. The Bertz CT molecular complexity index is 5130. The Morgan fingerprint density at radius 2 is 1.12 bits per heavy atom. The van der Waals surface area contributed by atoms with E-state index in [1.54, 1.807) is 13.8 Å². The first kappa shape index (κ1) is 73.5. The van der Waals surface area contributed by atoms with E-state index < -0.39 is 151 Å². The summed E-state index contributed by atoms with van der Waals surface area (Å²) in [5, 5.41) is 69.2. The number of non-ortho nitro benzene ring substituents is 1. The summed E-state index contributed by atoms with van der Waals surface area (Å²) in [6.07, 6.45) is -0.440. The summed E-state index contributed by atoms with van der Waals surface area (Å²) in [7, 11) is -29.3. The largest absolute Gasteiger partial charge is 0.493 e. The zero-order valence-corrected chi connectivity index (χ0v) is 55.3. The molecule has 0 fully saturated rings. The van der Waals surface area contributed by atoms with Crippen molar-refractivity contribution >= 4 is 171 Å². The van der Waals surface area contributed by atoms with E-state index in [-0.39, 0.29) is 90.7 Å². The number of imidazole rings is 1. The fourth-order valence-corrected chi connectivity index (χ4v) is 13.5. The van der Waals surface area contributed by atoms with E-state index in [1.165, 1.54) is 29.5 Å². The van der Waals surface area contributed by atoms with Crippen molar-refractivity contribution in [1.82, 2.24) is 24.3 Å². The van der Waals surface area contributed by atoms with Gasteiger partial charge in [-0.1, -0.05) is 0 Å². The van der Waals surface area contributed by atoms with Crippen LogP contribution in [-0.4, -0.2) is 153 Å². The number of nitro groups is 1. The molecule has 3 aromatic heterocycles. The summed E-state index contributed by atoms with van der Waals surface area (Å²) < 4.78 is 205. The fraction of sp³-hybridized carbons (Fsp3) is 0.250. The third-order valence-corrected chi connectivity index (χ3v) is 19.7. The van der Waals surface area contributed by atoms with Crippen molar-refractivity contribution in [3.05, 3.63) is 93.3 Å². The fourth-order valence-electron chi connectivity index (χ4n) is 8.07. The summed E-state index contributed by atoms with van der Waals surface area (Å²) in [5.41, 5.74) is -3.07. The van der Waals surface area contributed by atoms with E-state index in [4.69, 9.17) is 0 Å². The number of carbonyl (C=O) groups is 1. The van der Waals surface area contributed by atoms with Crippen LogP contribution in [0.2, 0.25) is 0 Å². The second kappa shape index (κ2) is 29.4. The van der Waals surface area contributed by atoms with Crippen molar-refractivity contribution in [1.29, 1.82) is 5.26 Å². The van der Waals surface area contributed by atoms with E-state index in [2.05, 4.69) is 71.9 Å². The van der Waals surface area contributed by atoms with Gasteiger partial charge in [0.15, 0.2) is 11.3 Å². The van der Waals surface area contributed by atoms with Gasteiger partial charge in [-0.05, 0) is 93.6 Å². The van der Waals surface area contributed by atoms with Crippen molar-refractivity contribution in [3.63, 3.8) is 0 Å². The van der Waals surface area contributed by atoms with Crippen LogP contribution in [0.1, 0.15) is 42.3 Å². The molecular weight excluding hydrogens is 1420 g/mol. The molecule has 0 spiro atoms. The van der Waals surface area contributed by atoms with E-state index in [1.807, 2.05) is 6.07 Å². The lowest BCUT2D eigenvalue weighted by atomic mass is 10.1. The van der Waals surface area contributed by atoms with Crippen molar-refractivity contribution in [2.24, 2.45) is 30.7 Å². The molecule has 7 rings (SSSR count). The minimum Gasteiger partial charge on any atom is -0.493 e. The maximum Gasteiger partial charge on any atom is 0.297 e. The number of aryl methyl sites for hydroxylation is 2. The van der Waals surface area contributed by atoms with Crippen molar-refractivity contribution in [2.45, 2.75) is 65.0 Å². The highest BCUT2D eigenvalue weighted by Gasteiger charge is 2.26. The first-order valence-electron chi connectivity index (χ1n) is 26.1. The third-order valence-electron chi connectivity index (χ3n) is 12.4. The van der Waals surface area contributed by atoms with Crippen molar-refractivity contribution in [3.8, 4) is 11.9 Å². The molecule has 0 unspecified atom stereocenters. The van der Waals surface area contributed by atoms with Crippen LogP contribution in [0.3, 0.4) is 0 Å². The number of nitrogens with zero attached hydrogens (tertiary/aromatic N) is 13. The highest BCUT2D eigenvalue weighted by atomic mass is 32.2. The average Bonchev–Trinajstić information content (AvgIpc) is 1.65. The first-order chi connectivity index (χ1) is 44.1. The zero-order chi connectivity index (χ0) is 70.3. The van der Waals surface area contributed by atoms with E-state index in [0.717, 1.165) is 48.6 Å². The molecular formula is C48H49N17O22S8. The van der Waals surface area contributed by atoms with Crippen LogP contribution in [0.25, 0.3) is 5.65 Å². The maximum atomic E-state index is 12.8. The van der Waals surface area contributed by atoms with Gasteiger partial charge in [-0.3, -0.25) is 46.6 Å². The van der Waals surface area contributed by atoms with E-state index >= 15 is 0 Å². The van der Waals surface area contributed by atoms with Crippen molar-refractivity contribution < 1.29 is 92.6 Å². The van der Waals surface area contributed by atoms with Crippen LogP contribution >= 0.6 is 23.5 Å². The summed E-state index contributed by atoms with van der Waals surface area (Å²) in [6, 6.07) is 10.7. The molecule has 47 heteroatoms. The highest BCUT2D eigenvalue weighted by molar-refractivity contribution is 7.99. The maximum absolute atomic E-state index is 12.8. The van der Waals surface area contributed by atoms with Gasteiger partial charge in [0, 0.05) is 46.6 Å². The van der Waals surface area contributed by atoms with Gasteiger partial charge in [-0.15, -0.1) is 54.2 Å². The van der Waals surface area contributed by atoms with Gasteiger partial charge in [0.2, 0.25) is 29.6 Å². The second-order valence-corrected chi connectivity index (χ2v) is 30.6. The topological polar surface area (TPSA) is 609 Å². The Hall–Kier alpha value is -8.90. The molecule has 39 nitrogen and oxygen atoms in total. The Labute approximate surface area is 546 Å². The normalized spacial score (nSPS) is 12.6. The molecule has 4 aromatic carbocycles. The number of aromatic hydroxyl groups is 1. The van der Waals surface area contributed by atoms with Crippen LogP contribution in [-0.2, 0) is 65.5 Å². The molecule has 0 aliphatic carbocycles. The summed E-state index contributed by atoms with van der Waals surface area (Å²) in [5.74, 6) is -6.01. The molecule has 506 valence electrons. The number of nitrogens with one attached hydrogen (secondary N) is 4. The van der Waals surface area contributed by atoms with E-state index in [9.17, 15) is 103 Å². The lowest BCUT2D eigenvalue weighted by molar-refractivity contribution is -0.385. The molecule has 0 saturated heterocycles. The van der Waals surface area contributed by atoms with Gasteiger partial charge >= 0.3 is 0 Å². The number of aromatic nitrogens is 5. The minimum absolute atomic E-state index is 0.00825. The summed E-state index contributed by atoms with van der Waals surface area (Å²) in [4.78, 5) is 37.3. The molecule has 0 aliphatic heterocycles. The van der Waals surface area contributed by atoms with Crippen molar-refractivity contribution in [2.75, 3.05) is 56.6 Å². The molecule has 95 heavy (non-hydrogen) atoms. The minimum atomic E-state index is -5.25. The number of azo groups is 3. The van der Waals surface area contributed by atoms with Gasteiger partial charge in [0.1, 0.15) is 49.9 Å². The molecule has 0 saturated carbocycles. The molecule has 0 aliphatic rings. The van der Waals surface area contributed by atoms with Gasteiger partial charge in [0.25, 0.3) is 66.4 Å². The Morgan fingerprint density at radius 3 is 1.63 bits per heavy atom. The second-order valence-electron chi connectivity index (χ2n) is 19.4. The zero-order valence-electron chi connectivity index (χ0n) is 48.8. The predicted molar refractivity (Wildman–Crippen MR) is 339 cm³/mol. The molecule has 7 aromatic rings.